The minimum atomic E-state index is -3.26. The lowest BCUT2D eigenvalue weighted by Gasteiger charge is -2.31. The molecule has 0 radical (unpaired) electrons. The van der Waals surface area contributed by atoms with Gasteiger partial charge in [0.2, 0.25) is 11.8 Å². The number of hydrogen-bond acceptors (Lipinski definition) is 5. The molecule has 0 unspecified atom stereocenters. The number of amides is 2. The number of nitrogens with one attached hydrogen (secondary N) is 2. The van der Waals surface area contributed by atoms with Gasteiger partial charge in [-0.05, 0) is 44.7 Å². The Kier molecular flexibility index (Phi) is 8.85. The summed E-state index contributed by atoms with van der Waals surface area (Å²) in [6.07, 6.45) is 2.06. The van der Waals surface area contributed by atoms with Crippen molar-refractivity contribution < 1.29 is 18.0 Å². The maximum absolute atomic E-state index is 13.2. The summed E-state index contributed by atoms with van der Waals surface area (Å²) in [5, 5.41) is 5.74. The van der Waals surface area contributed by atoms with Crippen LogP contribution in [-0.2, 0) is 25.2 Å². The van der Waals surface area contributed by atoms with Gasteiger partial charge in [0.05, 0.1) is 17.5 Å². The Bertz CT molecular complexity index is 811. The highest BCUT2D eigenvalue weighted by Crippen LogP contribution is 2.23. The largest absolute Gasteiger partial charge is 0.343 e. The van der Waals surface area contributed by atoms with Crippen LogP contribution < -0.4 is 10.6 Å². The van der Waals surface area contributed by atoms with E-state index in [9.17, 15) is 18.0 Å². The number of likely N-dealkylation sites (N-methyl/N-ethyl adjacent to an activating group) is 1. The number of hydrogen-bond donors (Lipinski definition) is 2. The van der Waals surface area contributed by atoms with Crippen LogP contribution >= 0.6 is 0 Å². The summed E-state index contributed by atoms with van der Waals surface area (Å²) in [6.45, 7) is 6.15. The van der Waals surface area contributed by atoms with E-state index in [2.05, 4.69) is 10.6 Å². The van der Waals surface area contributed by atoms with Crippen molar-refractivity contribution in [1.29, 1.82) is 0 Å². The topological polar surface area (TPSA) is 95.6 Å². The van der Waals surface area contributed by atoms with Crippen molar-refractivity contribution in [3.05, 3.63) is 35.9 Å². The molecule has 3 atom stereocenters. The molecule has 1 aliphatic heterocycles. The quantitative estimate of drug-likeness (QED) is 0.581. The van der Waals surface area contributed by atoms with Crippen LogP contribution in [0, 0.1) is 5.92 Å². The van der Waals surface area contributed by atoms with Crippen LogP contribution in [0.2, 0.25) is 0 Å². The first-order valence-electron chi connectivity index (χ1n) is 10.7. The van der Waals surface area contributed by atoms with Crippen LogP contribution in [-0.4, -0.2) is 62.6 Å². The van der Waals surface area contributed by atoms with Gasteiger partial charge in [0.1, 0.15) is 6.04 Å². The first-order valence-corrected chi connectivity index (χ1v) is 12.5. The number of nitrogens with zero attached hydrogens (tertiary/aromatic N) is 1. The molecular weight excluding hydrogens is 402 g/mol. The fourth-order valence-electron chi connectivity index (χ4n) is 3.74. The summed E-state index contributed by atoms with van der Waals surface area (Å²) in [7, 11) is -1.56. The van der Waals surface area contributed by atoms with Gasteiger partial charge < -0.3 is 15.5 Å². The van der Waals surface area contributed by atoms with Crippen LogP contribution in [0.25, 0.3) is 0 Å². The van der Waals surface area contributed by atoms with Crippen molar-refractivity contribution in [2.45, 2.75) is 63.9 Å². The zero-order valence-electron chi connectivity index (χ0n) is 18.4. The van der Waals surface area contributed by atoms with E-state index in [1.165, 1.54) is 0 Å². The molecule has 1 saturated heterocycles. The molecule has 2 amide bonds. The van der Waals surface area contributed by atoms with E-state index in [1.807, 2.05) is 44.2 Å². The van der Waals surface area contributed by atoms with E-state index >= 15 is 0 Å². The fourth-order valence-corrected chi connectivity index (χ4v) is 5.22. The van der Waals surface area contributed by atoms with Gasteiger partial charge in [-0.15, -0.1) is 0 Å². The van der Waals surface area contributed by atoms with Crippen molar-refractivity contribution >= 4 is 21.7 Å². The Morgan fingerprint density at radius 3 is 2.43 bits per heavy atom. The average molecular weight is 438 g/mol. The Morgan fingerprint density at radius 1 is 1.17 bits per heavy atom. The summed E-state index contributed by atoms with van der Waals surface area (Å²) in [4.78, 5) is 27.3. The van der Waals surface area contributed by atoms with E-state index in [1.54, 1.807) is 18.9 Å². The van der Waals surface area contributed by atoms with Crippen LogP contribution in [0.15, 0.2) is 30.3 Å². The molecule has 2 rings (SSSR count). The van der Waals surface area contributed by atoms with Crippen LogP contribution in [0.5, 0.6) is 0 Å². The van der Waals surface area contributed by atoms with E-state index < -0.39 is 21.9 Å². The predicted molar refractivity (Wildman–Crippen MR) is 119 cm³/mol. The molecular formula is C22H35N3O4S. The van der Waals surface area contributed by atoms with Crippen molar-refractivity contribution in [2.75, 3.05) is 19.3 Å². The number of sulfone groups is 1. The lowest BCUT2D eigenvalue weighted by Crippen LogP contribution is -2.55. The molecule has 30 heavy (non-hydrogen) atoms. The van der Waals surface area contributed by atoms with Gasteiger partial charge in [-0.25, -0.2) is 8.42 Å². The molecule has 0 aromatic heterocycles. The summed E-state index contributed by atoms with van der Waals surface area (Å²) < 4.78 is 25.1. The van der Waals surface area contributed by atoms with Gasteiger partial charge in [0.25, 0.3) is 0 Å². The molecule has 0 aliphatic carbocycles. The maximum Gasteiger partial charge on any atom is 0.245 e. The second-order valence-corrected chi connectivity index (χ2v) is 10.6. The lowest BCUT2D eigenvalue weighted by atomic mass is 10.0. The smallest absolute Gasteiger partial charge is 0.245 e. The van der Waals surface area contributed by atoms with Crippen molar-refractivity contribution in [1.82, 2.24) is 15.5 Å². The van der Waals surface area contributed by atoms with Crippen molar-refractivity contribution in [3.63, 3.8) is 0 Å². The Balaban J connectivity index is 2.00. The van der Waals surface area contributed by atoms with E-state index in [-0.39, 0.29) is 35.3 Å². The van der Waals surface area contributed by atoms with Crippen LogP contribution in [0.1, 0.15) is 45.6 Å². The van der Waals surface area contributed by atoms with E-state index in [0.717, 1.165) is 18.4 Å². The van der Waals surface area contributed by atoms with E-state index in [0.29, 0.717) is 13.0 Å². The summed E-state index contributed by atoms with van der Waals surface area (Å²) >= 11 is 0. The van der Waals surface area contributed by atoms with E-state index in [4.69, 9.17) is 0 Å². The molecule has 7 nitrogen and oxygen atoms in total. The monoisotopic (exact) mass is 437 g/mol. The minimum absolute atomic E-state index is 0.0150. The van der Waals surface area contributed by atoms with Crippen molar-refractivity contribution in [2.24, 2.45) is 5.92 Å². The molecule has 1 aromatic rings. The highest BCUT2D eigenvalue weighted by atomic mass is 32.2. The van der Waals surface area contributed by atoms with Gasteiger partial charge >= 0.3 is 0 Å². The number of carbonyl (C=O) groups excluding carboxylic acids is 2. The van der Waals surface area contributed by atoms with Gasteiger partial charge in [0.15, 0.2) is 9.84 Å². The lowest BCUT2D eigenvalue weighted by molar-refractivity contribution is -0.138. The molecule has 168 valence electrons. The van der Waals surface area contributed by atoms with Gasteiger partial charge in [0, 0.05) is 12.6 Å². The second kappa shape index (κ2) is 10.9. The third-order valence-electron chi connectivity index (χ3n) is 5.71. The van der Waals surface area contributed by atoms with Gasteiger partial charge in [-0.3, -0.25) is 9.59 Å². The molecule has 0 bridgehead atoms. The normalized spacial score (nSPS) is 19.0. The minimum Gasteiger partial charge on any atom is -0.343 e. The highest BCUT2D eigenvalue weighted by Gasteiger charge is 2.36. The second-order valence-electron chi connectivity index (χ2n) is 8.43. The summed E-state index contributed by atoms with van der Waals surface area (Å²) in [5.74, 6) is -0.337. The number of likely N-dealkylation sites (tertiary alicyclic amines) is 1. The number of carbonyl (C=O) groups is 2. The number of rotatable bonds is 10. The standard InChI is InChI=1S/C22H35N3O4S/c1-16(2)20(24-21(26)17(3)23-4)22(27)25-13-8-11-19(25)12-14-30(28,29)15-18-9-6-5-7-10-18/h5-7,9-10,16-17,19-20,23H,8,11-15H2,1-4H3,(H,24,26)/t17-,19-,20-/m0/s1. The molecule has 8 heteroatoms. The molecule has 1 heterocycles. The third kappa shape index (κ3) is 6.80. The van der Waals surface area contributed by atoms with Gasteiger partial charge in [-0.2, -0.15) is 0 Å². The van der Waals surface area contributed by atoms with Crippen LogP contribution in [0.3, 0.4) is 0 Å². The zero-order valence-corrected chi connectivity index (χ0v) is 19.2. The fraction of sp³-hybridized carbons (Fsp3) is 0.636. The summed E-state index contributed by atoms with van der Waals surface area (Å²) in [6, 6.07) is 8.03. The average Bonchev–Trinajstić information content (AvgIpc) is 3.18. The Morgan fingerprint density at radius 2 is 1.83 bits per heavy atom. The molecule has 1 aliphatic rings. The Hall–Kier alpha value is -1.93. The molecule has 1 fully saturated rings. The first kappa shape index (κ1) is 24.3. The zero-order chi connectivity index (χ0) is 22.3. The van der Waals surface area contributed by atoms with Crippen LogP contribution in [0.4, 0.5) is 0 Å². The Labute approximate surface area is 180 Å². The molecule has 0 saturated carbocycles. The molecule has 0 spiro atoms. The summed E-state index contributed by atoms with van der Waals surface area (Å²) in [5.41, 5.74) is 0.776. The molecule has 1 aromatic carbocycles. The van der Waals surface area contributed by atoms with Crippen molar-refractivity contribution in [3.8, 4) is 0 Å². The predicted octanol–water partition coefficient (Wildman–Crippen LogP) is 1.73. The highest BCUT2D eigenvalue weighted by molar-refractivity contribution is 7.90. The maximum atomic E-state index is 13.2. The third-order valence-corrected chi connectivity index (χ3v) is 7.34. The van der Waals surface area contributed by atoms with Gasteiger partial charge in [-0.1, -0.05) is 44.2 Å². The SMILES string of the molecule is CN[C@@H](C)C(=O)N[C@H](C(=O)N1CCC[C@H]1CCS(=O)(=O)Cc1ccccc1)C(C)C. The number of benzene rings is 1. The molecule has 2 N–H and O–H groups in total. The first-order chi connectivity index (χ1) is 14.1.